The van der Waals surface area contributed by atoms with Gasteiger partial charge in [0.2, 0.25) is 0 Å². The minimum atomic E-state index is -2.81. The van der Waals surface area contributed by atoms with Gasteiger partial charge in [0.1, 0.15) is 44.6 Å². The SMILES string of the molecule is CC(C)(C)[Si](CI)(c1ccccc1)c1ccccc1.[C-]#[N+]C1CN(C(=O)OC(C)(C)C)CC1O.[C-]#[N+]C1CN(C(=O)OC(C)(C)C)CC1O[Si](c1ccccc1)(c1ccccc1)C(C)(C)C. The predicted octanol–water partition coefficient (Wildman–Crippen LogP) is 9.38. The average molecular weight is 1040 g/mol. The molecule has 2 fully saturated rings. The molecule has 354 valence electrons. The summed E-state index contributed by atoms with van der Waals surface area (Å²) in [7, 11) is -4.54. The number of ether oxygens (including phenoxy) is 2. The van der Waals surface area contributed by atoms with Crippen LogP contribution in [-0.4, -0.2) is 109 Å². The highest BCUT2D eigenvalue weighted by Crippen LogP contribution is 2.39. The largest absolute Gasteiger partial charge is 0.444 e. The lowest BCUT2D eigenvalue weighted by Gasteiger charge is -2.44. The second kappa shape index (κ2) is 22.5. The minimum absolute atomic E-state index is 0.183. The normalized spacial score (nSPS) is 19.0. The second-order valence-corrected chi connectivity index (χ2v) is 32.3. The maximum absolute atomic E-state index is 12.7. The predicted molar refractivity (Wildman–Crippen MR) is 281 cm³/mol. The zero-order valence-electron chi connectivity index (χ0n) is 41.0. The number of aliphatic hydroxyl groups is 1. The third-order valence-corrected chi connectivity index (χ3v) is 26.0. The van der Waals surface area contributed by atoms with Gasteiger partial charge < -0.3 is 28.7 Å². The quantitative estimate of drug-likeness (QED) is 0.0859. The number of aliphatic hydroxyl groups excluding tert-OH is 1. The number of hydrogen-bond acceptors (Lipinski definition) is 6. The number of rotatable bonds is 7. The number of benzene rings is 4. The van der Waals surface area contributed by atoms with Gasteiger partial charge in [-0.25, -0.2) is 22.7 Å². The van der Waals surface area contributed by atoms with Crippen LogP contribution in [0.2, 0.25) is 10.1 Å². The lowest BCUT2D eigenvalue weighted by molar-refractivity contribution is 0.0262. The summed E-state index contributed by atoms with van der Waals surface area (Å²) in [4.78, 5) is 34.4. The smallest absolute Gasteiger partial charge is 0.410 e. The average Bonchev–Trinajstić information content (AvgIpc) is 3.86. The van der Waals surface area contributed by atoms with Crippen LogP contribution in [0, 0.1) is 13.1 Å². The van der Waals surface area contributed by atoms with E-state index in [0.717, 1.165) is 10.4 Å². The number of nitrogens with zero attached hydrogens (tertiary/aromatic N) is 4. The van der Waals surface area contributed by atoms with E-state index >= 15 is 0 Å². The van der Waals surface area contributed by atoms with Crippen molar-refractivity contribution >= 4 is 71.9 Å². The first-order chi connectivity index (χ1) is 30.8. The van der Waals surface area contributed by atoms with Crippen molar-refractivity contribution in [3.05, 3.63) is 144 Å². The molecule has 2 heterocycles. The molecule has 1 N–H and O–H groups in total. The van der Waals surface area contributed by atoms with Gasteiger partial charge in [-0.15, -0.1) is 0 Å². The molecule has 66 heavy (non-hydrogen) atoms. The standard InChI is InChI=1S/C26H34N2O3Si.C17H21ISi.C10H16N2O3/c1-25(2,3)30-24(29)28-18-22(27-7)23(19-28)31-32(26(4,5)6,20-14-10-8-11-15-20)21-16-12-9-13-17-21;1-17(2,3)19(14-18,15-10-6-4-7-11-15)16-12-8-5-9-13-16;1-10(2,3)15-9(14)12-5-7(11-4)8(13)6-12/h8-17,22-23H,18-19H2,1-6H3;4-13H,14H2,1-3H3;7-8,13H,5-6H2,1-3H3. The van der Waals surface area contributed by atoms with Gasteiger partial charge in [0.05, 0.1) is 13.1 Å². The topological polar surface area (TPSA) is 97.3 Å². The van der Waals surface area contributed by atoms with Gasteiger partial charge in [-0.3, -0.25) is 9.80 Å². The van der Waals surface area contributed by atoms with Crippen LogP contribution in [0.4, 0.5) is 9.59 Å². The number of β-amino-alcohol motifs (C(OH)–C–C–N with tert-alkyl or cyclic N) is 1. The first kappa shape index (κ1) is 54.1. The molecule has 0 aromatic heterocycles. The van der Waals surface area contributed by atoms with Gasteiger partial charge in [-0.05, 0) is 62.0 Å². The van der Waals surface area contributed by atoms with Crippen molar-refractivity contribution in [2.75, 3.05) is 30.2 Å². The van der Waals surface area contributed by atoms with Crippen LogP contribution in [0.3, 0.4) is 0 Å². The summed E-state index contributed by atoms with van der Waals surface area (Å²) in [5, 5.41) is 15.0. The summed E-state index contributed by atoms with van der Waals surface area (Å²) in [6.45, 7) is 40.5. The van der Waals surface area contributed by atoms with E-state index in [9.17, 15) is 14.7 Å². The number of alkyl halides is 1. The van der Waals surface area contributed by atoms with Gasteiger partial charge in [0, 0.05) is 4.05 Å². The number of carbonyl (C=O) groups is 2. The molecule has 10 nitrogen and oxygen atoms in total. The van der Waals surface area contributed by atoms with Gasteiger partial charge in [0.15, 0.2) is 0 Å². The summed E-state index contributed by atoms with van der Waals surface area (Å²) in [6, 6.07) is 42.0. The van der Waals surface area contributed by atoms with Gasteiger partial charge in [-0.2, -0.15) is 0 Å². The number of carbonyl (C=O) groups excluding carboxylic acids is 2. The zero-order chi connectivity index (χ0) is 49.1. The Hall–Kier alpha value is -4.52. The number of hydrogen-bond donors (Lipinski definition) is 1. The van der Waals surface area contributed by atoms with E-state index in [1.165, 1.54) is 8.95 Å². The molecular weight excluding hydrogens is 972 g/mol. The first-order valence-corrected chi connectivity index (χ1v) is 28.3. The first-order valence-electron chi connectivity index (χ1n) is 22.7. The molecule has 0 spiro atoms. The van der Waals surface area contributed by atoms with Crippen LogP contribution in [0.1, 0.15) is 83.1 Å². The number of amides is 2. The zero-order valence-corrected chi connectivity index (χ0v) is 45.2. The highest BCUT2D eigenvalue weighted by atomic mass is 127. The molecule has 6 rings (SSSR count). The van der Waals surface area contributed by atoms with Crippen LogP contribution >= 0.6 is 22.6 Å². The highest BCUT2D eigenvalue weighted by Gasteiger charge is 2.55. The summed E-state index contributed by atoms with van der Waals surface area (Å²) >= 11 is 2.60. The summed E-state index contributed by atoms with van der Waals surface area (Å²) in [5.41, 5.74) is -1.13. The molecule has 0 radical (unpaired) electrons. The van der Waals surface area contributed by atoms with E-state index in [2.05, 4.69) is 159 Å². The van der Waals surface area contributed by atoms with Gasteiger partial charge >= 0.3 is 12.2 Å². The lowest BCUT2D eigenvalue weighted by Crippen LogP contribution is -2.68. The Morgan fingerprint density at radius 1 is 0.576 bits per heavy atom. The maximum Gasteiger partial charge on any atom is 0.410 e. The fourth-order valence-corrected chi connectivity index (χ4v) is 23.7. The third kappa shape index (κ3) is 13.3. The van der Waals surface area contributed by atoms with Crippen molar-refractivity contribution in [2.45, 2.75) is 129 Å². The number of halogens is 1. The molecule has 2 aliphatic rings. The Morgan fingerprint density at radius 3 is 1.23 bits per heavy atom. The highest BCUT2D eigenvalue weighted by molar-refractivity contribution is 14.1. The molecule has 4 atom stereocenters. The fourth-order valence-electron chi connectivity index (χ4n) is 8.60. The van der Waals surface area contributed by atoms with E-state index in [1.807, 2.05) is 57.2 Å². The molecule has 2 saturated heterocycles. The van der Waals surface area contributed by atoms with Crippen LogP contribution in [0.5, 0.6) is 0 Å². The van der Waals surface area contributed by atoms with E-state index in [1.54, 1.807) is 36.0 Å². The maximum atomic E-state index is 12.7. The Balaban J connectivity index is 0.000000237. The van der Waals surface area contributed by atoms with Crippen LogP contribution in [-0.2, 0) is 13.9 Å². The molecule has 4 aromatic rings. The van der Waals surface area contributed by atoms with Gasteiger partial charge in [0.25, 0.3) is 20.4 Å². The Kier molecular flexibility index (Phi) is 18.5. The lowest BCUT2D eigenvalue weighted by atomic mass is 10.2. The summed E-state index contributed by atoms with van der Waals surface area (Å²) in [5.74, 6) is 0. The third-order valence-electron chi connectivity index (χ3n) is 11.9. The van der Waals surface area contributed by atoms with Crippen molar-refractivity contribution < 1.29 is 28.6 Å². The van der Waals surface area contributed by atoms with E-state index in [-0.39, 0.29) is 30.3 Å². The van der Waals surface area contributed by atoms with Crippen LogP contribution in [0.25, 0.3) is 9.69 Å². The Labute approximate surface area is 411 Å². The van der Waals surface area contributed by atoms with Crippen molar-refractivity contribution in [3.63, 3.8) is 0 Å². The molecule has 2 amide bonds. The molecule has 0 aliphatic carbocycles. The molecule has 2 aliphatic heterocycles. The number of likely N-dealkylation sites (tertiary alicyclic amines) is 2. The van der Waals surface area contributed by atoms with Crippen molar-refractivity contribution in [1.29, 1.82) is 0 Å². The van der Waals surface area contributed by atoms with Crippen molar-refractivity contribution in [3.8, 4) is 0 Å². The molecule has 4 unspecified atom stereocenters. The fraction of sp³-hybridized carbons (Fsp3) is 0.472. The molecule has 4 aromatic carbocycles. The van der Waals surface area contributed by atoms with E-state index in [4.69, 9.17) is 27.0 Å². The monoisotopic (exact) mass is 1040 g/mol. The Morgan fingerprint density at radius 2 is 0.924 bits per heavy atom. The summed E-state index contributed by atoms with van der Waals surface area (Å²) < 4.78 is 19.0. The van der Waals surface area contributed by atoms with E-state index in [0.29, 0.717) is 18.1 Å². The molecule has 0 saturated carbocycles. The van der Waals surface area contributed by atoms with Crippen molar-refractivity contribution in [1.82, 2.24) is 9.80 Å². The minimum Gasteiger partial charge on any atom is -0.444 e. The van der Waals surface area contributed by atoms with Gasteiger partial charge in [-0.1, -0.05) is 196 Å². The van der Waals surface area contributed by atoms with Crippen LogP contribution in [0.15, 0.2) is 121 Å². The molecule has 0 bridgehead atoms. The second-order valence-electron chi connectivity index (χ2n) is 21.1. The Bertz CT molecular complexity index is 2170. The van der Waals surface area contributed by atoms with Crippen molar-refractivity contribution in [2.24, 2.45) is 0 Å². The van der Waals surface area contributed by atoms with Crippen LogP contribution < -0.4 is 20.7 Å². The van der Waals surface area contributed by atoms with E-state index < -0.39 is 51.9 Å². The molecular formula is C53H71IN4O6Si2. The summed E-state index contributed by atoms with van der Waals surface area (Å²) in [6.07, 6.45) is -1.99. The molecule has 13 heteroatoms.